The molecule has 1 unspecified atom stereocenters. The van der Waals surface area contributed by atoms with Gasteiger partial charge in [0, 0.05) is 19.4 Å². The van der Waals surface area contributed by atoms with Gasteiger partial charge in [0.15, 0.2) is 0 Å². The topological polar surface area (TPSA) is 37.4 Å². The number of benzene rings is 1. The molecule has 0 spiro atoms. The van der Waals surface area contributed by atoms with Crippen LogP contribution in [0.5, 0.6) is 0 Å². The van der Waals surface area contributed by atoms with E-state index in [1.54, 1.807) is 0 Å². The molecule has 1 heterocycles. The third-order valence-corrected chi connectivity index (χ3v) is 3.89. The molecule has 1 saturated heterocycles. The van der Waals surface area contributed by atoms with E-state index in [4.69, 9.17) is 6.42 Å². The number of hydrogen-bond donors (Lipinski definition) is 0. The van der Waals surface area contributed by atoms with Crippen molar-refractivity contribution in [2.45, 2.75) is 38.0 Å². The van der Waals surface area contributed by atoms with Crippen LogP contribution in [0.4, 0.5) is 0 Å². The average Bonchev–Trinajstić information content (AvgIpc) is 2.68. The van der Waals surface area contributed by atoms with Crippen molar-refractivity contribution in [3.63, 3.8) is 0 Å². The number of likely N-dealkylation sites (tertiary alicyclic amines) is 1. The van der Waals surface area contributed by atoms with Gasteiger partial charge in [0.2, 0.25) is 11.8 Å². The van der Waals surface area contributed by atoms with Crippen LogP contribution in [-0.2, 0) is 15.0 Å². The number of nitrogens with zero attached hydrogens (tertiary/aromatic N) is 1. The SMILES string of the molecule is C#CCCCCN1C(=O)CC(C)(c2ccccc2)C1=O. The van der Waals surface area contributed by atoms with Crippen molar-refractivity contribution < 1.29 is 9.59 Å². The van der Waals surface area contributed by atoms with Crippen LogP contribution >= 0.6 is 0 Å². The van der Waals surface area contributed by atoms with Crippen LogP contribution in [0, 0.1) is 12.3 Å². The number of amides is 2. The molecule has 1 aromatic carbocycles. The van der Waals surface area contributed by atoms with Gasteiger partial charge in [-0.25, -0.2) is 0 Å². The van der Waals surface area contributed by atoms with Crippen molar-refractivity contribution in [2.75, 3.05) is 6.54 Å². The molecule has 2 rings (SSSR count). The van der Waals surface area contributed by atoms with E-state index < -0.39 is 5.41 Å². The summed E-state index contributed by atoms with van der Waals surface area (Å²) in [4.78, 5) is 26.1. The Hall–Kier alpha value is -2.08. The largest absolute Gasteiger partial charge is 0.282 e. The predicted octanol–water partition coefficient (Wildman–Crippen LogP) is 2.51. The summed E-state index contributed by atoms with van der Waals surface area (Å²) in [5.74, 6) is 2.40. The van der Waals surface area contributed by atoms with Gasteiger partial charge in [-0.05, 0) is 25.3 Å². The van der Waals surface area contributed by atoms with E-state index in [1.165, 1.54) is 4.90 Å². The number of rotatable bonds is 5. The van der Waals surface area contributed by atoms with E-state index in [0.717, 1.165) is 18.4 Å². The minimum atomic E-state index is -0.718. The van der Waals surface area contributed by atoms with E-state index in [2.05, 4.69) is 5.92 Å². The number of carbonyl (C=O) groups is 2. The summed E-state index contributed by atoms with van der Waals surface area (Å²) in [5, 5.41) is 0. The molecule has 1 aromatic rings. The molecule has 0 radical (unpaired) electrons. The quantitative estimate of drug-likeness (QED) is 0.468. The monoisotopic (exact) mass is 269 g/mol. The van der Waals surface area contributed by atoms with Crippen LogP contribution in [0.2, 0.25) is 0 Å². The van der Waals surface area contributed by atoms with Crippen molar-refractivity contribution >= 4 is 11.8 Å². The van der Waals surface area contributed by atoms with Crippen molar-refractivity contribution in [3.8, 4) is 12.3 Å². The first-order valence-electron chi connectivity index (χ1n) is 6.93. The molecule has 1 atom stereocenters. The predicted molar refractivity (Wildman–Crippen MR) is 77.8 cm³/mol. The molecule has 0 saturated carbocycles. The molecular weight excluding hydrogens is 250 g/mol. The minimum Gasteiger partial charge on any atom is -0.282 e. The molecular formula is C17H19NO2. The lowest BCUT2D eigenvalue weighted by Crippen LogP contribution is -2.37. The third kappa shape index (κ3) is 2.60. The Morgan fingerprint density at radius 2 is 1.95 bits per heavy atom. The van der Waals surface area contributed by atoms with Crippen molar-refractivity contribution in [1.29, 1.82) is 0 Å². The highest BCUT2D eigenvalue weighted by molar-refractivity contribution is 6.08. The Morgan fingerprint density at radius 1 is 1.25 bits per heavy atom. The average molecular weight is 269 g/mol. The van der Waals surface area contributed by atoms with Gasteiger partial charge >= 0.3 is 0 Å². The minimum absolute atomic E-state index is 0.0814. The summed E-state index contributed by atoms with van der Waals surface area (Å²) in [6.07, 6.45) is 7.75. The van der Waals surface area contributed by atoms with Gasteiger partial charge in [0.1, 0.15) is 0 Å². The van der Waals surface area contributed by atoms with Gasteiger partial charge < -0.3 is 0 Å². The Balaban J connectivity index is 2.11. The number of carbonyl (C=O) groups excluding carboxylic acids is 2. The highest BCUT2D eigenvalue weighted by atomic mass is 16.2. The standard InChI is InChI=1S/C17H19NO2/c1-3-4-5-9-12-18-15(19)13-17(2,16(18)20)14-10-7-6-8-11-14/h1,6-8,10-11H,4-5,9,12-13H2,2H3. The second kappa shape index (κ2) is 5.92. The van der Waals surface area contributed by atoms with E-state index in [1.807, 2.05) is 37.3 Å². The van der Waals surface area contributed by atoms with Crippen molar-refractivity contribution in [3.05, 3.63) is 35.9 Å². The molecule has 3 nitrogen and oxygen atoms in total. The first-order chi connectivity index (χ1) is 9.59. The Kier molecular flexibility index (Phi) is 4.24. The van der Waals surface area contributed by atoms with E-state index in [0.29, 0.717) is 13.0 Å². The fraction of sp³-hybridized carbons (Fsp3) is 0.412. The lowest BCUT2D eigenvalue weighted by atomic mass is 9.81. The zero-order valence-electron chi connectivity index (χ0n) is 11.8. The molecule has 1 aliphatic rings. The summed E-state index contributed by atoms with van der Waals surface area (Å²) < 4.78 is 0. The van der Waals surface area contributed by atoms with Gasteiger partial charge in [0.05, 0.1) is 5.41 Å². The van der Waals surface area contributed by atoms with Crippen LogP contribution in [0.3, 0.4) is 0 Å². The van der Waals surface area contributed by atoms with Crippen LogP contribution in [0.1, 0.15) is 38.2 Å². The van der Waals surface area contributed by atoms with Crippen molar-refractivity contribution in [2.24, 2.45) is 0 Å². The molecule has 0 N–H and O–H groups in total. The van der Waals surface area contributed by atoms with Gasteiger partial charge in [-0.2, -0.15) is 0 Å². The number of imide groups is 1. The van der Waals surface area contributed by atoms with E-state index in [-0.39, 0.29) is 18.2 Å². The first-order valence-corrected chi connectivity index (χ1v) is 6.93. The summed E-state index contributed by atoms with van der Waals surface area (Å²) in [7, 11) is 0. The number of unbranched alkanes of at least 4 members (excludes halogenated alkanes) is 2. The molecule has 3 heteroatoms. The molecule has 20 heavy (non-hydrogen) atoms. The van der Waals surface area contributed by atoms with Gasteiger partial charge in [-0.3, -0.25) is 14.5 Å². The summed E-state index contributed by atoms with van der Waals surface area (Å²) in [6, 6.07) is 9.52. The number of terminal acetylenes is 1. The molecule has 0 aliphatic carbocycles. The molecule has 1 fully saturated rings. The van der Waals surface area contributed by atoms with Crippen LogP contribution in [0.15, 0.2) is 30.3 Å². The highest BCUT2D eigenvalue weighted by Gasteiger charge is 2.48. The molecule has 0 aromatic heterocycles. The lowest BCUT2D eigenvalue weighted by Gasteiger charge is -2.22. The van der Waals surface area contributed by atoms with E-state index >= 15 is 0 Å². The van der Waals surface area contributed by atoms with E-state index in [9.17, 15) is 9.59 Å². The summed E-state index contributed by atoms with van der Waals surface area (Å²) in [5.41, 5.74) is 0.189. The molecule has 1 aliphatic heterocycles. The van der Waals surface area contributed by atoms with Crippen molar-refractivity contribution in [1.82, 2.24) is 4.90 Å². The zero-order valence-corrected chi connectivity index (χ0v) is 11.8. The second-order valence-corrected chi connectivity index (χ2v) is 5.39. The number of hydrogen-bond acceptors (Lipinski definition) is 2. The molecule has 0 bridgehead atoms. The second-order valence-electron chi connectivity index (χ2n) is 5.39. The Morgan fingerprint density at radius 3 is 2.60 bits per heavy atom. The maximum atomic E-state index is 12.6. The fourth-order valence-corrected chi connectivity index (χ4v) is 2.64. The molecule has 104 valence electrons. The summed E-state index contributed by atoms with van der Waals surface area (Å²) >= 11 is 0. The Bertz CT molecular complexity index is 544. The van der Waals surface area contributed by atoms with Crippen LogP contribution in [0.25, 0.3) is 0 Å². The summed E-state index contributed by atoms with van der Waals surface area (Å²) in [6.45, 7) is 2.33. The Labute approximate surface area is 120 Å². The molecule has 2 amide bonds. The maximum Gasteiger partial charge on any atom is 0.240 e. The first kappa shape index (κ1) is 14.3. The van der Waals surface area contributed by atoms with Gasteiger partial charge in [-0.15, -0.1) is 12.3 Å². The lowest BCUT2D eigenvalue weighted by molar-refractivity contribution is -0.139. The van der Waals surface area contributed by atoms with Crippen LogP contribution < -0.4 is 0 Å². The maximum absolute atomic E-state index is 12.6. The highest BCUT2D eigenvalue weighted by Crippen LogP contribution is 2.36. The third-order valence-electron chi connectivity index (χ3n) is 3.89. The smallest absolute Gasteiger partial charge is 0.240 e. The zero-order chi connectivity index (χ0) is 14.6. The van der Waals surface area contributed by atoms with Gasteiger partial charge in [0.25, 0.3) is 0 Å². The van der Waals surface area contributed by atoms with Gasteiger partial charge in [-0.1, -0.05) is 30.3 Å². The van der Waals surface area contributed by atoms with Crippen LogP contribution in [-0.4, -0.2) is 23.3 Å². The fourth-order valence-electron chi connectivity index (χ4n) is 2.64. The normalized spacial score (nSPS) is 22.1.